The van der Waals surface area contributed by atoms with Gasteiger partial charge in [0.05, 0.1) is 29.2 Å². The highest BCUT2D eigenvalue weighted by molar-refractivity contribution is 6.08. The number of carboxylic acids is 1. The van der Waals surface area contributed by atoms with E-state index in [4.69, 9.17) is 5.11 Å². The van der Waals surface area contributed by atoms with Crippen LogP contribution in [0.5, 0.6) is 0 Å². The van der Waals surface area contributed by atoms with E-state index in [1.165, 1.54) is 17.7 Å². The van der Waals surface area contributed by atoms with Gasteiger partial charge in [0.1, 0.15) is 18.9 Å². The van der Waals surface area contributed by atoms with Gasteiger partial charge in [-0.1, -0.05) is 12.1 Å². The van der Waals surface area contributed by atoms with Crippen LogP contribution in [0.2, 0.25) is 0 Å². The fourth-order valence-corrected chi connectivity index (χ4v) is 4.19. The number of hydrogen-bond acceptors (Lipinski definition) is 7. The topological polar surface area (TPSA) is 189 Å². The number of benzene rings is 2. The Bertz CT molecular complexity index is 1680. The number of nitrogens with zero attached hydrogens (tertiary/aromatic N) is 4. The number of carboxylic acid groups (broad SMARTS) is 1. The third-order valence-electron chi connectivity index (χ3n) is 6.06. The van der Waals surface area contributed by atoms with E-state index in [1.807, 2.05) is 0 Å². The molecule has 0 bridgehead atoms. The molecule has 0 spiro atoms. The number of aryl methyl sites for hydroxylation is 1. The fraction of sp³-hybridized carbons (Fsp3) is 0.269. The lowest BCUT2D eigenvalue weighted by molar-refractivity contribution is -0.137. The second kappa shape index (κ2) is 12.2. The highest BCUT2D eigenvalue weighted by atomic mass is 19.1. The summed E-state index contributed by atoms with van der Waals surface area (Å²) in [6.07, 6.45) is 1.49. The lowest BCUT2D eigenvalue weighted by Gasteiger charge is -2.09. The van der Waals surface area contributed by atoms with Crippen molar-refractivity contribution in [3.8, 4) is 11.1 Å². The predicted octanol–water partition coefficient (Wildman–Crippen LogP) is 0.511. The van der Waals surface area contributed by atoms with Crippen molar-refractivity contribution < 1.29 is 33.5 Å². The van der Waals surface area contributed by atoms with Gasteiger partial charge >= 0.3 is 5.97 Å². The number of anilines is 1. The number of nitrogens with one attached hydrogen (secondary N) is 4. The minimum absolute atomic E-state index is 0.0582. The van der Waals surface area contributed by atoms with E-state index in [0.29, 0.717) is 27.4 Å². The summed E-state index contributed by atoms with van der Waals surface area (Å²) in [6.45, 7) is 0.00245. The molecule has 2 aromatic heterocycles. The molecule has 0 radical (unpaired) electrons. The van der Waals surface area contributed by atoms with Gasteiger partial charge in [-0.15, -0.1) is 0 Å². The average molecular weight is 567 g/mol. The molecular weight excluding hydrogens is 539 g/mol. The Kier molecular flexibility index (Phi) is 8.55. The summed E-state index contributed by atoms with van der Waals surface area (Å²) in [6, 6.07) is 7.95. The Hall–Kier alpha value is -5.34. The van der Waals surface area contributed by atoms with E-state index < -0.39 is 42.6 Å². The van der Waals surface area contributed by atoms with Crippen molar-refractivity contribution in [2.45, 2.75) is 19.9 Å². The smallest absolute Gasteiger partial charge is 0.322 e. The molecule has 4 aromatic rings. The van der Waals surface area contributed by atoms with E-state index in [0.717, 1.165) is 0 Å². The summed E-state index contributed by atoms with van der Waals surface area (Å²) in [5.41, 5.74) is 1.70. The van der Waals surface area contributed by atoms with Gasteiger partial charge < -0.3 is 26.4 Å². The monoisotopic (exact) mass is 566 g/mol. The SMILES string of the molecule is CC(=O)NCCC(=O)Nc1nn(CC(=O)NCC(=O)NCC(=O)O)c2cccc(-c3cc4c(cnn4C)cc3F)c12. The molecule has 14 nitrogen and oxygen atoms in total. The van der Waals surface area contributed by atoms with Gasteiger partial charge in [-0.2, -0.15) is 10.2 Å². The number of carbonyl (C=O) groups is 5. The van der Waals surface area contributed by atoms with Crippen LogP contribution in [0.4, 0.5) is 10.2 Å². The summed E-state index contributed by atoms with van der Waals surface area (Å²) in [7, 11) is 1.73. The first-order valence-electron chi connectivity index (χ1n) is 12.4. The minimum atomic E-state index is -1.23. The van der Waals surface area contributed by atoms with Gasteiger partial charge in [-0.05, 0) is 23.8 Å². The number of hydrogen-bond donors (Lipinski definition) is 5. The van der Waals surface area contributed by atoms with Crippen LogP contribution >= 0.6 is 0 Å². The zero-order chi connectivity index (χ0) is 29.7. The van der Waals surface area contributed by atoms with Gasteiger partial charge in [-0.25, -0.2) is 4.39 Å². The third kappa shape index (κ3) is 6.81. The van der Waals surface area contributed by atoms with Crippen molar-refractivity contribution >= 4 is 57.2 Å². The molecule has 5 N–H and O–H groups in total. The number of rotatable bonds is 11. The molecule has 2 heterocycles. The first kappa shape index (κ1) is 28.7. The Labute approximate surface area is 231 Å². The van der Waals surface area contributed by atoms with Gasteiger partial charge in [0.2, 0.25) is 23.6 Å². The molecule has 41 heavy (non-hydrogen) atoms. The largest absolute Gasteiger partial charge is 0.480 e. The molecule has 0 atom stereocenters. The van der Waals surface area contributed by atoms with Crippen LogP contribution < -0.4 is 21.3 Å². The standard InChI is InChI=1S/C26H27FN8O6/c1-14(36)28-7-6-21(37)32-26-25-16(17-9-20-15(8-18(17)27)10-31-34(20)2)4-3-5-19(25)35(33-26)13-23(39)29-11-22(38)30-12-24(40)41/h3-5,8-10H,6-7,11-13H2,1-2H3,(H,28,36)(H,29,39)(H,30,38)(H,40,41)(H,32,33,37). The molecule has 4 amide bonds. The van der Waals surface area contributed by atoms with Crippen molar-refractivity contribution in [1.82, 2.24) is 35.5 Å². The summed E-state index contributed by atoms with van der Waals surface area (Å²) in [4.78, 5) is 58.9. The Morgan fingerprint density at radius 2 is 1.71 bits per heavy atom. The molecular formula is C26H27FN8O6. The third-order valence-corrected chi connectivity index (χ3v) is 6.06. The summed E-state index contributed by atoms with van der Waals surface area (Å²) in [5.74, 6) is -3.76. The first-order valence-corrected chi connectivity index (χ1v) is 12.4. The van der Waals surface area contributed by atoms with Gasteiger partial charge in [0.15, 0.2) is 5.82 Å². The van der Waals surface area contributed by atoms with Crippen molar-refractivity contribution in [3.63, 3.8) is 0 Å². The van der Waals surface area contributed by atoms with Crippen LogP contribution in [0.1, 0.15) is 13.3 Å². The van der Waals surface area contributed by atoms with Gasteiger partial charge in [-0.3, -0.25) is 33.3 Å². The number of amides is 4. The van der Waals surface area contributed by atoms with Crippen LogP contribution in [0.3, 0.4) is 0 Å². The lowest BCUT2D eigenvalue weighted by Crippen LogP contribution is -2.40. The molecule has 0 unspecified atom stereocenters. The number of halogens is 1. The quantitative estimate of drug-likeness (QED) is 0.174. The molecule has 0 aliphatic carbocycles. The molecule has 0 fully saturated rings. The molecule has 0 saturated heterocycles. The predicted molar refractivity (Wildman–Crippen MR) is 145 cm³/mol. The van der Waals surface area contributed by atoms with Crippen LogP contribution in [0.25, 0.3) is 32.9 Å². The highest BCUT2D eigenvalue weighted by Crippen LogP contribution is 2.36. The molecule has 0 saturated carbocycles. The molecule has 15 heteroatoms. The van der Waals surface area contributed by atoms with Crippen molar-refractivity contribution in [1.29, 1.82) is 0 Å². The Balaban J connectivity index is 1.69. The second-order valence-corrected chi connectivity index (χ2v) is 9.09. The minimum Gasteiger partial charge on any atom is -0.480 e. The van der Waals surface area contributed by atoms with Crippen LogP contribution in [-0.4, -0.2) is 73.9 Å². The second-order valence-electron chi connectivity index (χ2n) is 9.09. The molecule has 4 rings (SSSR count). The van der Waals surface area contributed by atoms with Crippen molar-refractivity contribution in [2.75, 3.05) is 25.0 Å². The van der Waals surface area contributed by atoms with Gasteiger partial charge in [0.25, 0.3) is 0 Å². The Morgan fingerprint density at radius 1 is 0.951 bits per heavy atom. The van der Waals surface area contributed by atoms with Gasteiger partial charge in [0, 0.05) is 37.9 Å². The van der Waals surface area contributed by atoms with Crippen LogP contribution in [0, 0.1) is 5.82 Å². The van der Waals surface area contributed by atoms with Crippen molar-refractivity contribution in [3.05, 3.63) is 42.3 Å². The number of aromatic nitrogens is 4. The van der Waals surface area contributed by atoms with E-state index in [-0.39, 0.29) is 36.8 Å². The summed E-state index contributed by atoms with van der Waals surface area (Å²) < 4.78 is 18.3. The number of fused-ring (bicyclic) bond motifs is 2. The molecule has 0 aliphatic rings. The maximum Gasteiger partial charge on any atom is 0.322 e. The Morgan fingerprint density at radius 3 is 2.44 bits per heavy atom. The summed E-state index contributed by atoms with van der Waals surface area (Å²) in [5, 5.41) is 27.9. The van der Waals surface area contributed by atoms with Crippen LogP contribution in [0.15, 0.2) is 36.5 Å². The fourth-order valence-electron chi connectivity index (χ4n) is 4.19. The highest BCUT2D eigenvalue weighted by Gasteiger charge is 2.21. The molecule has 0 aliphatic heterocycles. The summed E-state index contributed by atoms with van der Waals surface area (Å²) >= 11 is 0. The van der Waals surface area contributed by atoms with Crippen LogP contribution in [-0.2, 0) is 37.6 Å². The maximum atomic E-state index is 15.4. The molecule has 2 aromatic carbocycles. The number of carbonyl (C=O) groups excluding carboxylic acids is 4. The van der Waals surface area contributed by atoms with E-state index in [2.05, 4.69) is 31.5 Å². The van der Waals surface area contributed by atoms with E-state index in [9.17, 15) is 24.0 Å². The zero-order valence-corrected chi connectivity index (χ0v) is 22.2. The zero-order valence-electron chi connectivity index (χ0n) is 22.2. The lowest BCUT2D eigenvalue weighted by atomic mass is 9.99. The van der Waals surface area contributed by atoms with Crippen molar-refractivity contribution in [2.24, 2.45) is 7.05 Å². The average Bonchev–Trinajstić information content (AvgIpc) is 3.44. The number of aliphatic carboxylic acids is 1. The first-order chi connectivity index (χ1) is 19.5. The molecule has 214 valence electrons. The van der Waals surface area contributed by atoms with E-state index >= 15 is 4.39 Å². The van der Waals surface area contributed by atoms with E-state index in [1.54, 1.807) is 42.2 Å². The maximum absolute atomic E-state index is 15.4. The normalized spacial score (nSPS) is 10.9.